The van der Waals surface area contributed by atoms with Crippen molar-refractivity contribution in [2.45, 2.75) is 12.8 Å². The molecule has 2 aromatic carbocycles. The van der Waals surface area contributed by atoms with E-state index in [-0.39, 0.29) is 16.5 Å². The fraction of sp³-hybridized carbons (Fsp3) is 0.381. The van der Waals surface area contributed by atoms with Crippen LogP contribution < -0.4 is 15.1 Å². The number of nitrogens with one attached hydrogen (secondary N) is 2. The molecule has 0 aliphatic carbocycles. The number of hydrogen-bond donors (Lipinski definition) is 2. The quantitative estimate of drug-likeness (QED) is 0.557. The van der Waals surface area contributed by atoms with Crippen LogP contribution >= 0.6 is 0 Å². The predicted octanol–water partition coefficient (Wildman–Crippen LogP) is 1.22. The van der Waals surface area contributed by atoms with Crippen LogP contribution in [-0.2, 0) is 4.79 Å². The van der Waals surface area contributed by atoms with Crippen molar-refractivity contribution in [1.29, 1.82) is 0 Å². The highest BCUT2D eigenvalue weighted by atomic mass is 16.6. The number of nitro groups is 1. The van der Waals surface area contributed by atoms with Crippen molar-refractivity contribution in [3.8, 4) is 0 Å². The number of piperazine rings is 1. The minimum absolute atomic E-state index is 0.0848. The maximum atomic E-state index is 12.3. The summed E-state index contributed by atoms with van der Waals surface area (Å²) in [5.41, 5.74) is 2.33. The number of anilines is 1. The number of quaternary nitrogens is 1. The second-order valence-electron chi connectivity index (χ2n) is 7.30. The molecule has 1 aliphatic heterocycles. The predicted molar refractivity (Wildman–Crippen MR) is 109 cm³/mol. The molecule has 0 unspecified atom stereocenters. The number of nitro benzene ring substituents is 1. The van der Waals surface area contributed by atoms with E-state index in [1.807, 2.05) is 18.2 Å². The topological polar surface area (TPSA) is 79.9 Å². The van der Waals surface area contributed by atoms with Gasteiger partial charge in [0.1, 0.15) is 0 Å². The summed E-state index contributed by atoms with van der Waals surface area (Å²) in [5, 5.41) is 13.8. The fourth-order valence-electron chi connectivity index (χ4n) is 3.50. The summed E-state index contributed by atoms with van der Waals surface area (Å²) in [6.07, 6.45) is 0. The van der Waals surface area contributed by atoms with Crippen LogP contribution in [0.15, 0.2) is 54.6 Å². The van der Waals surface area contributed by atoms with Crippen molar-refractivity contribution < 1.29 is 14.6 Å². The number of amides is 1. The highest BCUT2D eigenvalue weighted by molar-refractivity contribution is 5.76. The lowest BCUT2D eigenvalue weighted by Gasteiger charge is -2.33. The molecule has 1 heterocycles. The first-order valence-electron chi connectivity index (χ1n) is 9.67. The Morgan fingerprint density at radius 1 is 1.14 bits per heavy atom. The molecule has 0 saturated carbocycles. The van der Waals surface area contributed by atoms with Crippen molar-refractivity contribution in [3.05, 3.63) is 70.3 Å². The average molecular weight is 383 g/mol. The molecular formula is C21H27N4O3+. The Bertz CT molecular complexity index is 787. The van der Waals surface area contributed by atoms with E-state index in [0.717, 1.165) is 31.9 Å². The second-order valence-corrected chi connectivity index (χ2v) is 7.30. The average Bonchev–Trinajstić information content (AvgIpc) is 2.73. The summed E-state index contributed by atoms with van der Waals surface area (Å²) in [5.74, 6) is 0.376. The second kappa shape index (κ2) is 9.32. The van der Waals surface area contributed by atoms with Crippen LogP contribution in [0.4, 0.5) is 11.4 Å². The number of hydrogen-bond acceptors (Lipinski definition) is 4. The molecule has 0 bridgehead atoms. The van der Waals surface area contributed by atoms with Crippen molar-refractivity contribution >= 4 is 17.3 Å². The van der Waals surface area contributed by atoms with Crippen molar-refractivity contribution in [3.63, 3.8) is 0 Å². The number of rotatable bonds is 7. The summed E-state index contributed by atoms with van der Waals surface area (Å²) in [7, 11) is 0. The summed E-state index contributed by atoms with van der Waals surface area (Å²) < 4.78 is 0. The van der Waals surface area contributed by atoms with Crippen LogP contribution in [-0.4, -0.2) is 50.1 Å². The molecule has 148 valence electrons. The van der Waals surface area contributed by atoms with Gasteiger partial charge >= 0.3 is 0 Å². The maximum Gasteiger partial charge on any atom is 0.275 e. The summed E-state index contributed by atoms with van der Waals surface area (Å²) >= 11 is 0. The molecule has 1 atom stereocenters. The zero-order valence-corrected chi connectivity index (χ0v) is 16.1. The largest absolute Gasteiger partial charge is 0.360 e. The van der Waals surface area contributed by atoms with E-state index < -0.39 is 0 Å². The lowest BCUT2D eigenvalue weighted by Crippen LogP contribution is -3.16. The van der Waals surface area contributed by atoms with Gasteiger partial charge in [0.15, 0.2) is 6.54 Å². The minimum atomic E-state index is -0.386. The monoisotopic (exact) mass is 383 g/mol. The van der Waals surface area contributed by atoms with Crippen molar-refractivity contribution in [2.75, 3.05) is 44.2 Å². The van der Waals surface area contributed by atoms with Gasteiger partial charge in [-0.2, -0.15) is 0 Å². The zero-order chi connectivity index (χ0) is 19.9. The molecule has 1 saturated heterocycles. The third kappa shape index (κ3) is 5.29. The van der Waals surface area contributed by atoms with Gasteiger partial charge in [0.2, 0.25) is 0 Å². The highest BCUT2D eigenvalue weighted by Gasteiger charge is 2.23. The van der Waals surface area contributed by atoms with Crippen LogP contribution in [0.1, 0.15) is 18.4 Å². The van der Waals surface area contributed by atoms with Crippen LogP contribution in [0.25, 0.3) is 0 Å². The molecule has 28 heavy (non-hydrogen) atoms. The number of non-ortho nitro benzene ring substituents is 1. The Labute approximate surface area is 165 Å². The molecule has 0 spiro atoms. The SMILES string of the molecule is C[C@H](CNC(=O)C[NH+]1CCN(c2ccc([N+](=O)[O-])cc2)CC1)c1ccccc1. The van der Waals surface area contributed by atoms with Gasteiger partial charge in [-0.15, -0.1) is 0 Å². The van der Waals surface area contributed by atoms with E-state index in [0.29, 0.717) is 19.0 Å². The molecule has 2 aromatic rings. The summed E-state index contributed by atoms with van der Waals surface area (Å²) in [4.78, 5) is 26.1. The molecule has 1 fully saturated rings. The molecule has 7 nitrogen and oxygen atoms in total. The first kappa shape index (κ1) is 19.8. The normalized spacial score (nSPS) is 15.8. The lowest BCUT2D eigenvalue weighted by molar-refractivity contribution is -0.892. The summed E-state index contributed by atoms with van der Waals surface area (Å²) in [6.45, 7) is 6.66. The Balaban J connectivity index is 1.41. The van der Waals surface area contributed by atoms with Crippen LogP contribution in [0.3, 0.4) is 0 Å². The Morgan fingerprint density at radius 3 is 2.39 bits per heavy atom. The highest BCUT2D eigenvalue weighted by Crippen LogP contribution is 2.19. The number of carbonyl (C=O) groups is 1. The van der Waals surface area contributed by atoms with E-state index in [4.69, 9.17) is 0 Å². The molecule has 7 heteroatoms. The molecule has 3 rings (SSSR count). The van der Waals surface area contributed by atoms with Crippen LogP contribution in [0.2, 0.25) is 0 Å². The van der Waals surface area contributed by atoms with Crippen molar-refractivity contribution in [2.24, 2.45) is 0 Å². The van der Waals surface area contributed by atoms with E-state index in [2.05, 4.69) is 29.3 Å². The Hall–Kier alpha value is -2.93. The lowest BCUT2D eigenvalue weighted by atomic mass is 10.0. The molecule has 0 aromatic heterocycles. The first-order chi connectivity index (χ1) is 13.5. The Kier molecular flexibility index (Phi) is 6.60. The first-order valence-corrected chi connectivity index (χ1v) is 9.67. The number of benzene rings is 2. The molecule has 1 aliphatic rings. The maximum absolute atomic E-state index is 12.3. The number of nitrogens with zero attached hydrogens (tertiary/aromatic N) is 2. The van der Waals surface area contributed by atoms with Gasteiger partial charge in [-0.3, -0.25) is 14.9 Å². The third-order valence-corrected chi connectivity index (χ3v) is 5.28. The van der Waals surface area contributed by atoms with Gasteiger partial charge in [0.05, 0.1) is 31.1 Å². The Morgan fingerprint density at radius 2 is 1.79 bits per heavy atom. The summed E-state index contributed by atoms with van der Waals surface area (Å²) in [6, 6.07) is 16.9. The van der Waals surface area contributed by atoms with Gasteiger partial charge in [0.25, 0.3) is 11.6 Å². The van der Waals surface area contributed by atoms with Gasteiger partial charge in [0, 0.05) is 24.4 Å². The van der Waals surface area contributed by atoms with E-state index >= 15 is 0 Å². The number of carbonyl (C=O) groups excluding carboxylic acids is 1. The molecular weight excluding hydrogens is 356 g/mol. The van der Waals surface area contributed by atoms with Gasteiger partial charge < -0.3 is 15.1 Å². The standard InChI is InChI=1S/C21H26N4O3/c1-17(18-5-3-2-4-6-18)15-22-21(26)16-23-11-13-24(14-12-23)19-7-9-20(10-8-19)25(27)28/h2-10,17H,11-16H2,1H3,(H,22,26)/p+1/t17-/m1/s1. The molecule has 0 radical (unpaired) electrons. The van der Waals surface area contributed by atoms with Gasteiger partial charge in [-0.05, 0) is 23.6 Å². The molecule has 2 N–H and O–H groups in total. The zero-order valence-electron chi connectivity index (χ0n) is 16.1. The van der Waals surface area contributed by atoms with E-state index in [1.54, 1.807) is 12.1 Å². The fourth-order valence-corrected chi connectivity index (χ4v) is 3.50. The van der Waals surface area contributed by atoms with E-state index in [9.17, 15) is 14.9 Å². The van der Waals surface area contributed by atoms with Crippen LogP contribution in [0.5, 0.6) is 0 Å². The van der Waals surface area contributed by atoms with Gasteiger partial charge in [-0.1, -0.05) is 37.3 Å². The van der Waals surface area contributed by atoms with Crippen molar-refractivity contribution in [1.82, 2.24) is 5.32 Å². The van der Waals surface area contributed by atoms with E-state index in [1.165, 1.54) is 22.6 Å². The smallest absolute Gasteiger partial charge is 0.275 e. The molecule has 1 amide bonds. The van der Waals surface area contributed by atoms with Gasteiger partial charge in [-0.25, -0.2) is 0 Å². The minimum Gasteiger partial charge on any atom is -0.360 e. The third-order valence-electron chi connectivity index (χ3n) is 5.28. The van der Waals surface area contributed by atoms with Crippen LogP contribution in [0, 0.1) is 10.1 Å².